The molecule has 1 aromatic carbocycles. The van der Waals surface area contributed by atoms with Gasteiger partial charge in [0.2, 0.25) is 17.7 Å². The first-order valence-corrected chi connectivity index (χ1v) is 10.5. The molecule has 1 aromatic rings. The van der Waals surface area contributed by atoms with E-state index in [1.165, 1.54) is 10.5 Å². The molecule has 148 valence electrons. The standard InChI is InChI=1S/C22H27N3O3/c26-18(24-10-8-23(9-11-24)13-15-4-2-1-3-5-15)14-25-21(27)19-16-6-7-17(12-16)20(19)22(25)28/h1-5,16-17,19-20H,6-14H2/t16-,17-,19-,20+/m0/s1. The summed E-state index contributed by atoms with van der Waals surface area (Å²) in [5.74, 6) is 0.203. The highest BCUT2D eigenvalue weighted by atomic mass is 16.2. The van der Waals surface area contributed by atoms with E-state index in [1.807, 2.05) is 23.1 Å². The quantitative estimate of drug-likeness (QED) is 0.739. The Hall–Kier alpha value is -2.21. The van der Waals surface area contributed by atoms with Crippen LogP contribution in [0.1, 0.15) is 24.8 Å². The highest BCUT2D eigenvalue weighted by molar-refractivity contribution is 6.08. The number of amides is 3. The van der Waals surface area contributed by atoms with E-state index in [-0.39, 0.29) is 36.1 Å². The van der Waals surface area contributed by atoms with E-state index < -0.39 is 0 Å². The van der Waals surface area contributed by atoms with Crippen molar-refractivity contribution in [2.75, 3.05) is 32.7 Å². The van der Waals surface area contributed by atoms with Crippen LogP contribution in [0.3, 0.4) is 0 Å². The van der Waals surface area contributed by atoms with Gasteiger partial charge in [-0.1, -0.05) is 30.3 Å². The van der Waals surface area contributed by atoms with Gasteiger partial charge in [0.15, 0.2) is 0 Å². The van der Waals surface area contributed by atoms with Crippen molar-refractivity contribution in [1.82, 2.24) is 14.7 Å². The number of imide groups is 1. The zero-order chi connectivity index (χ0) is 19.3. The number of likely N-dealkylation sites (tertiary alicyclic amines) is 1. The van der Waals surface area contributed by atoms with Crippen molar-refractivity contribution in [1.29, 1.82) is 0 Å². The summed E-state index contributed by atoms with van der Waals surface area (Å²) < 4.78 is 0. The second kappa shape index (κ2) is 6.99. The Morgan fingerprint density at radius 2 is 1.50 bits per heavy atom. The fourth-order valence-corrected chi connectivity index (χ4v) is 5.86. The van der Waals surface area contributed by atoms with Crippen LogP contribution >= 0.6 is 0 Å². The van der Waals surface area contributed by atoms with Crippen LogP contribution in [-0.2, 0) is 20.9 Å². The molecule has 0 unspecified atom stereocenters. The van der Waals surface area contributed by atoms with Crippen LogP contribution in [0.5, 0.6) is 0 Å². The van der Waals surface area contributed by atoms with Crippen molar-refractivity contribution in [3.63, 3.8) is 0 Å². The predicted octanol–water partition coefficient (Wildman–Crippen LogP) is 1.36. The molecule has 28 heavy (non-hydrogen) atoms. The molecule has 2 heterocycles. The predicted molar refractivity (Wildman–Crippen MR) is 103 cm³/mol. The third-order valence-corrected chi connectivity index (χ3v) is 7.29. The normalized spacial score (nSPS) is 32.3. The van der Waals surface area contributed by atoms with E-state index in [2.05, 4.69) is 17.0 Å². The minimum absolute atomic E-state index is 0.0667. The van der Waals surface area contributed by atoms with Crippen molar-refractivity contribution >= 4 is 17.7 Å². The number of carbonyl (C=O) groups excluding carboxylic acids is 3. The van der Waals surface area contributed by atoms with Gasteiger partial charge >= 0.3 is 0 Å². The lowest BCUT2D eigenvalue weighted by Crippen LogP contribution is -2.51. The molecule has 4 fully saturated rings. The molecule has 6 heteroatoms. The summed E-state index contributed by atoms with van der Waals surface area (Å²) in [4.78, 5) is 43.8. The average molecular weight is 381 g/mol. The first kappa shape index (κ1) is 17.9. The lowest BCUT2D eigenvalue weighted by Gasteiger charge is -2.35. The van der Waals surface area contributed by atoms with E-state index in [0.29, 0.717) is 24.9 Å². The number of benzene rings is 1. The zero-order valence-electron chi connectivity index (χ0n) is 16.1. The van der Waals surface area contributed by atoms with E-state index in [4.69, 9.17) is 0 Å². The van der Waals surface area contributed by atoms with Gasteiger partial charge < -0.3 is 4.90 Å². The number of hydrogen-bond acceptors (Lipinski definition) is 4. The van der Waals surface area contributed by atoms with Gasteiger partial charge in [0.05, 0.1) is 11.8 Å². The summed E-state index contributed by atoms with van der Waals surface area (Å²) >= 11 is 0. The van der Waals surface area contributed by atoms with Gasteiger partial charge in [-0.25, -0.2) is 0 Å². The van der Waals surface area contributed by atoms with Gasteiger partial charge in [-0.05, 0) is 36.7 Å². The van der Waals surface area contributed by atoms with Crippen LogP contribution in [0.2, 0.25) is 0 Å². The maximum Gasteiger partial charge on any atom is 0.242 e. The SMILES string of the molecule is O=C(CN1C(=O)[C@@H]2[C@H]3CC[C@@H](C3)[C@@H]2C1=O)N1CCN(Cc2ccccc2)CC1. The molecule has 5 rings (SSSR count). The van der Waals surface area contributed by atoms with E-state index in [1.54, 1.807) is 0 Å². The average Bonchev–Trinajstić information content (AvgIpc) is 3.39. The van der Waals surface area contributed by atoms with Crippen molar-refractivity contribution in [3.8, 4) is 0 Å². The highest BCUT2D eigenvalue weighted by Gasteiger charge is 2.61. The maximum absolute atomic E-state index is 12.8. The minimum atomic E-state index is -0.137. The van der Waals surface area contributed by atoms with Crippen LogP contribution in [0.15, 0.2) is 30.3 Å². The molecule has 4 atom stereocenters. The zero-order valence-corrected chi connectivity index (χ0v) is 16.1. The number of nitrogens with zero attached hydrogens (tertiary/aromatic N) is 3. The summed E-state index contributed by atoms with van der Waals surface area (Å²) in [7, 11) is 0. The minimum Gasteiger partial charge on any atom is -0.339 e. The van der Waals surface area contributed by atoms with Crippen LogP contribution in [-0.4, -0.2) is 65.1 Å². The molecule has 2 aliphatic heterocycles. The summed E-state index contributed by atoms with van der Waals surface area (Å²) in [5, 5.41) is 0. The van der Waals surface area contributed by atoms with Gasteiger partial charge in [-0.2, -0.15) is 0 Å². The van der Waals surface area contributed by atoms with Gasteiger partial charge in [0.25, 0.3) is 0 Å². The second-order valence-corrected chi connectivity index (χ2v) is 8.79. The largest absolute Gasteiger partial charge is 0.339 e. The molecule has 0 N–H and O–H groups in total. The molecular formula is C22H27N3O3. The van der Waals surface area contributed by atoms with Crippen molar-refractivity contribution in [2.45, 2.75) is 25.8 Å². The fourth-order valence-electron chi connectivity index (χ4n) is 5.86. The fraction of sp³-hybridized carbons (Fsp3) is 0.591. The smallest absolute Gasteiger partial charge is 0.242 e. The Morgan fingerprint density at radius 1 is 0.893 bits per heavy atom. The number of piperazine rings is 1. The first-order chi connectivity index (χ1) is 13.6. The van der Waals surface area contributed by atoms with Crippen molar-refractivity contribution in [3.05, 3.63) is 35.9 Å². The third-order valence-electron chi connectivity index (χ3n) is 7.29. The highest BCUT2D eigenvalue weighted by Crippen LogP contribution is 2.56. The number of fused-ring (bicyclic) bond motifs is 5. The Balaban J connectivity index is 1.16. The molecule has 2 aliphatic carbocycles. The van der Waals surface area contributed by atoms with E-state index >= 15 is 0 Å². The van der Waals surface area contributed by atoms with Crippen LogP contribution in [0, 0.1) is 23.7 Å². The topological polar surface area (TPSA) is 60.9 Å². The molecular weight excluding hydrogens is 354 g/mol. The van der Waals surface area contributed by atoms with Gasteiger partial charge in [-0.3, -0.25) is 24.2 Å². The lowest BCUT2D eigenvalue weighted by atomic mass is 9.81. The monoisotopic (exact) mass is 381 g/mol. The maximum atomic E-state index is 12.8. The van der Waals surface area contributed by atoms with E-state index in [9.17, 15) is 14.4 Å². The Bertz CT molecular complexity index is 759. The molecule has 2 saturated heterocycles. The molecule has 2 saturated carbocycles. The third kappa shape index (κ3) is 2.94. The molecule has 0 spiro atoms. The van der Waals surface area contributed by atoms with Crippen LogP contribution in [0.25, 0.3) is 0 Å². The van der Waals surface area contributed by atoms with Crippen LogP contribution in [0.4, 0.5) is 0 Å². The second-order valence-electron chi connectivity index (χ2n) is 8.79. The lowest BCUT2D eigenvalue weighted by molar-refractivity contribution is -0.147. The van der Waals surface area contributed by atoms with Crippen molar-refractivity contribution in [2.24, 2.45) is 23.7 Å². The van der Waals surface area contributed by atoms with Gasteiger partial charge in [-0.15, -0.1) is 0 Å². The summed E-state index contributed by atoms with van der Waals surface area (Å²) in [6, 6.07) is 10.3. The van der Waals surface area contributed by atoms with Gasteiger partial charge in [0.1, 0.15) is 6.54 Å². The number of carbonyl (C=O) groups is 3. The Morgan fingerprint density at radius 3 is 2.11 bits per heavy atom. The summed E-state index contributed by atoms with van der Waals surface area (Å²) in [5.41, 5.74) is 1.27. The number of rotatable bonds is 4. The van der Waals surface area contributed by atoms with Crippen molar-refractivity contribution < 1.29 is 14.4 Å². The van der Waals surface area contributed by atoms with Gasteiger partial charge in [0, 0.05) is 32.7 Å². The molecule has 4 aliphatic rings. The molecule has 0 radical (unpaired) electrons. The Labute approximate surface area is 165 Å². The van der Waals surface area contributed by atoms with Crippen LogP contribution < -0.4 is 0 Å². The molecule has 0 aromatic heterocycles. The first-order valence-electron chi connectivity index (χ1n) is 10.5. The molecule has 6 nitrogen and oxygen atoms in total. The Kier molecular flexibility index (Phi) is 4.46. The number of hydrogen-bond donors (Lipinski definition) is 0. The summed E-state index contributed by atoms with van der Waals surface area (Å²) in [6.07, 6.45) is 3.16. The van der Waals surface area contributed by atoms with E-state index in [0.717, 1.165) is 38.9 Å². The molecule has 3 amide bonds. The summed E-state index contributed by atoms with van der Waals surface area (Å²) in [6.45, 7) is 3.76. The molecule has 2 bridgehead atoms.